The predicted octanol–water partition coefficient (Wildman–Crippen LogP) is 2.06. The van der Waals surface area contributed by atoms with E-state index in [-0.39, 0.29) is 19.6 Å². The number of fused-ring (bicyclic) bond motifs is 3. The van der Waals surface area contributed by atoms with Gasteiger partial charge in [-0.3, -0.25) is 0 Å². The molecule has 3 N–H and O–H groups in total. The van der Waals surface area contributed by atoms with Crippen LogP contribution in [0, 0.1) is 0 Å². The summed E-state index contributed by atoms with van der Waals surface area (Å²) in [7, 11) is 0. The van der Waals surface area contributed by atoms with Gasteiger partial charge in [0.25, 0.3) is 0 Å². The number of rotatable bonds is 6. The van der Waals surface area contributed by atoms with Crippen LogP contribution in [0.4, 0.5) is 0 Å². The second kappa shape index (κ2) is 8.32. The van der Waals surface area contributed by atoms with Crippen LogP contribution >= 0.6 is 0 Å². The number of aliphatic hydroxyl groups is 3. The highest BCUT2D eigenvalue weighted by atomic mass is 16.8. The molecule has 0 aliphatic carbocycles. The van der Waals surface area contributed by atoms with Crippen LogP contribution in [0.25, 0.3) is 0 Å². The minimum atomic E-state index is -1.49. The molecule has 0 saturated carbocycles. The minimum absolute atomic E-state index is 0.117. The molecule has 2 aromatic carbocycles. The summed E-state index contributed by atoms with van der Waals surface area (Å²) in [5.74, 6) is 0.0163. The summed E-state index contributed by atoms with van der Waals surface area (Å²) in [4.78, 5) is 0. The van der Waals surface area contributed by atoms with E-state index in [0.29, 0.717) is 25.2 Å². The zero-order chi connectivity index (χ0) is 22.3. The normalized spacial score (nSPS) is 31.0. The average Bonchev–Trinajstić information content (AvgIpc) is 3.16. The van der Waals surface area contributed by atoms with E-state index in [9.17, 15) is 15.3 Å². The van der Waals surface area contributed by atoms with Gasteiger partial charge in [-0.2, -0.15) is 0 Å². The molecular formula is C25H30O7. The number of ether oxygens (including phenoxy) is 4. The fourth-order valence-electron chi connectivity index (χ4n) is 5.01. The molecule has 0 amide bonds. The first-order valence-corrected chi connectivity index (χ1v) is 11.3. The molecule has 4 unspecified atom stereocenters. The van der Waals surface area contributed by atoms with Crippen LogP contribution in [0.1, 0.15) is 42.0 Å². The Labute approximate surface area is 187 Å². The van der Waals surface area contributed by atoms with Gasteiger partial charge in [0, 0.05) is 12.0 Å². The van der Waals surface area contributed by atoms with Crippen molar-refractivity contribution in [2.45, 2.75) is 56.2 Å². The number of aryl methyl sites for hydroxylation is 1. The van der Waals surface area contributed by atoms with E-state index >= 15 is 0 Å². The maximum atomic E-state index is 10.9. The number of aliphatic hydroxyl groups excluding tert-OH is 3. The quantitative estimate of drug-likeness (QED) is 0.630. The summed E-state index contributed by atoms with van der Waals surface area (Å²) in [5, 5.41) is 31.2. The Kier molecular flexibility index (Phi) is 5.63. The van der Waals surface area contributed by atoms with E-state index in [1.54, 1.807) is 0 Å². The molecule has 2 aromatic rings. The third-order valence-electron chi connectivity index (χ3n) is 6.67. The Morgan fingerprint density at radius 1 is 1.00 bits per heavy atom. The number of hydrogen-bond acceptors (Lipinski definition) is 7. The minimum Gasteiger partial charge on any atom is -0.486 e. The number of benzene rings is 2. The van der Waals surface area contributed by atoms with Crippen LogP contribution in [0.3, 0.4) is 0 Å². The molecule has 3 aliphatic rings. The molecule has 5 rings (SSSR count). The fourth-order valence-corrected chi connectivity index (χ4v) is 5.01. The van der Waals surface area contributed by atoms with Gasteiger partial charge >= 0.3 is 0 Å². The second-order valence-electron chi connectivity index (χ2n) is 9.00. The highest BCUT2D eigenvalue weighted by molar-refractivity contribution is 5.46. The van der Waals surface area contributed by atoms with Crippen molar-refractivity contribution in [2.75, 3.05) is 26.4 Å². The topological polar surface area (TPSA) is 97.6 Å². The second-order valence-corrected chi connectivity index (χ2v) is 9.00. The Hall–Kier alpha value is -2.16. The standard InChI is InChI=1S/C25H30O7/c1-2-3-17-5-6-19(25-23(28)20(27)13-24(14-26,32-25)15-31-25)12-18(17)10-16-4-7-21-22(11-16)30-9-8-29-21/h4-7,11-12,20,23,26-28H,2-3,8-10,13-15H2,1H3. The Morgan fingerprint density at radius 2 is 1.81 bits per heavy atom. The molecule has 7 nitrogen and oxygen atoms in total. The van der Waals surface area contributed by atoms with Gasteiger partial charge in [-0.15, -0.1) is 0 Å². The van der Waals surface area contributed by atoms with Crippen LogP contribution in [-0.4, -0.2) is 59.6 Å². The maximum absolute atomic E-state index is 10.9. The smallest absolute Gasteiger partial charge is 0.225 e. The lowest BCUT2D eigenvalue weighted by Gasteiger charge is -2.43. The van der Waals surface area contributed by atoms with E-state index in [1.807, 2.05) is 36.4 Å². The third kappa shape index (κ3) is 3.58. The summed E-state index contributed by atoms with van der Waals surface area (Å²) in [6.07, 6.45) is 0.421. The van der Waals surface area contributed by atoms with Crippen LogP contribution in [0.15, 0.2) is 36.4 Å². The molecule has 32 heavy (non-hydrogen) atoms. The predicted molar refractivity (Wildman–Crippen MR) is 116 cm³/mol. The van der Waals surface area contributed by atoms with Gasteiger partial charge in [-0.25, -0.2) is 0 Å². The molecular weight excluding hydrogens is 412 g/mol. The molecule has 7 heteroatoms. The lowest BCUT2D eigenvalue weighted by atomic mass is 9.85. The van der Waals surface area contributed by atoms with Crippen LogP contribution < -0.4 is 9.47 Å². The highest BCUT2D eigenvalue weighted by Gasteiger charge is 2.62. The first kappa shape index (κ1) is 21.7. The van der Waals surface area contributed by atoms with Gasteiger partial charge in [-0.05, 0) is 47.7 Å². The van der Waals surface area contributed by atoms with E-state index in [2.05, 4.69) is 6.92 Å². The molecule has 3 aliphatic heterocycles. The summed E-state index contributed by atoms with van der Waals surface area (Å²) in [6, 6.07) is 11.9. The van der Waals surface area contributed by atoms with Gasteiger partial charge in [-0.1, -0.05) is 31.5 Å². The van der Waals surface area contributed by atoms with E-state index in [1.165, 1.54) is 5.56 Å². The summed E-state index contributed by atoms with van der Waals surface area (Å²) in [5.41, 5.74) is 3.03. The zero-order valence-electron chi connectivity index (χ0n) is 18.3. The highest BCUT2D eigenvalue weighted by Crippen LogP contribution is 2.49. The molecule has 2 bridgehead atoms. The van der Waals surface area contributed by atoms with Crippen molar-refractivity contribution in [1.29, 1.82) is 0 Å². The van der Waals surface area contributed by atoms with Crippen molar-refractivity contribution >= 4 is 0 Å². The molecule has 2 fully saturated rings. The third-order valence-corrected chi connectivity index (χ3v) is 6.67. The molecule has 4 atom stereocenters. The molecule has 0 aromatic heterocycles. The van der Waals surface area contributed by atoms with Crippen molar-refractivity contribution < 1.29 is 34.3 Å². The van der Waals surface area contributed by atoms with Crippen molar-refractivity contribution in [1.82, 2.24) is 0 Å². The summed E-state index contributed by atoms with van der Waals surface area (Å²) < 4.78 is 23.5. The lowest BCUT2D eigenvalue weighted by molar-refractivity contribution is -0.302. The monoisotopic (exact) mass is 442 g/mol. The van der Waals surface area contributed by atoms with Crippen molar-refractivity contribution in [3.63, 3.8) is 0 Å². The van der Waals surface area contributed by atoms with Gasteiger partial charge in [0.1, 0.15) is 24.9 Å². The van der Waals surface area contributed by atoms with E-state index in [0.717, 1.165) is 35.5 Å². The van der Waals surface area contributed by atoms with Crippen molar-refractivity contribution in [3.05, 3.63) is 58.7 Å². The maximum Gasteiger partial charge on any atom is 0.225 e. The van der Waals surface area contributed by atoms with Crippen molar-refractivity contribution in [3.8, 4) is 11.5 Å². The lowest BCUT2D eigenvalue weighted by Crippen LogP contribution is -2.57. The van der Waals surface area contributed by atoms with E-state index in [4.69, 9.17) is 18.9 Å². The van der Waals surface area contributed by atoms with Crippen LogP contribution in [0.5, 0.6) is 11.5 Å². The zero-order valence-corrected chi connectivity index (χ0v) is 18.3. The van der Waals surface area contributed by atoms with E-state index < -0.39 is 23.6 Å². The molecule has 172 valence electrons. The van der Waals surface area contributed by atoms with Crippen LogP contribution in [0.2, 0.25) is 0 Å². The summed E-state index contributed by atoms with van der Waals surface area (Å²) in [6.45, 7) is 3.07. The van der Waals surface area contributed by atoms with Gasteiger partial charge in [0.05, 0.1) is 19.3 Å². The van der Waals surface area contributed by atoms with Crippen molar-refractivity contribution in [2.24, 2.45) is 0 Å². The SMILES string of the molecule is CCCc1ccc(C23OCC(CO)(CC(O)C2O)O3)cc1Cc1ccc2c(c1)OCCO2. The molecule has 3 heterocycles. The number of hydrogen-bond donors (Lipinski definition) is 3. The Bertz CT molecular complexity index is 992. The van der Waals surface area contributed by atoms with Gasteiger partial charge in [0.2, 0.25) is 5.79 Å². The van der Waals surface area contributed by atoms with Gasteiger partial charge < -0.3 is 34.3 Å². The molecule has 2 saturated heterocycles. The first-order chi connectivity index (χ1) is 15.5. The molecule has 0 spiro atoms. The molecule has 0 radical (unpaired) electrons. The van der Waals surface area contributed by atoms with Crippen LogP contribution in [-0.2, 0) is 28.1 Å². The fraction of sp³-hybridized carbons (Fsp3) is 0.520. The summed E-state index contributed by atoms with van der Waals surface area (Å²) >= 11 is 0. The van der Waals surface area contributed by atoms with Gasteiger partial charge in [0.15, 0.2) is 11.5 Å². The Balaban J connectivity index is 1.51. The Morgan fingerprint density at radius 3 is 2.59 bits per heavy atom. The average molecular weight is 443 g/mol. The largest absolute Gasteiger partial charge is 0.486 e. The first-order valence-electron chi connectivity index (χ1n) is 11.3.